The van der Waals surface area contributed by atoms with Crippen molar-refractivity contribution in [1.82, 2.24) is 0 Å². The first-order valence-corrected chi connectivity index (χ1v) is 3.84. The topological polar surface area (TPSA) is 18.5 Å². The molecule has 1 radical (unpaired) electrons. The fourth-order valence-electron chi connectivity index (χ4n) is 1.02. The number of ether oxygens (including phenoxy) is 2. The van der Waals surface area contributed by atoms with Gasteiger partial charge in [0.25, 0.3) is 0 Å². The molecule has 0 amide bonds. The van der Waals surface area contributed by atoms with Gasteiger partial charge in [-0.3, -0.25) is 0 Å². The first-order chi connectivity index (χ1) is 6.12. The molecule has 1 aromatic rings. The van der Waals surface area contributed by atoms with Crippen LogP contribution in [0, 0.1) is 12.7 Å². The van der Waals surface area contributed by atoms with Crippen molar-refractivity contribution in [3.8, 4) is 0 Å². The number of methoxy groups -OCH3 is 2. The smallest absolute Gasteiger partial charge is 0.194 e. The summed E-state index contributed by atoms with van der Waals surface area (Å²) in [5.74, 6) is -1.34. The van der Waals surface area contributed by atoms with Crippen molar-refractivity contribution in [3.63, 3.8) is 0 Å². The molecule has 71 valence electrons. The molecule has 2 nitrogen and oxygen atoms in total. The second-order valence-corrected chi connectivity index (χ2v) is 2.67. The highest BCUT2D eigenvalue weighted by Crippen LogP contribution is 2.24. The fourth-order valence-corrected chi connectivity index (χ4v) is 1.02. The maximum Gasteiger partial charge on any atom is 0.194 e. The minimum Gasteiger partial charge on any atom is -0.349 e. The molecule has 0 aliphatic carbocycles. The van der Waals surface area contributed by atoms with Crippen LogP contribution in [0.3, 0.4) is 0 Å². The van der Waals surface area contributed by atoms with Crippen molar-refractivity contribution in [3.05, 3.63) is 42.6 Å². The van der Waals surface area contributed by atoms with Crippen LogP contribution >= 0.6 is 0 Å². The number of halogens is 1. The first kappa shape index (κ1) is 10.2. The van der Waals surface area contributed by atoms with Gasteiger partial charge < -0.3 is 9.47 Å². The monoisotopic (exact) mass is 183 g/mol. The summed E-state index contributed by atoms with van der Waals surface area (Å²) < 4.78 is 22.7. The summed E-state index contributed by atoms with van der Waals surface area (Å²) in [4.78, 5) is 0. The van der Waals surface area contributed by atoms with Gasteiger partial charge in [-0.2, -0.15) is 0 Å². The Kier molecular flexibility index (Phi) is 3.01. The summed E-state index contributed by atoms with van der Waals surface area (Å²) in [5, 5.41) is 0. The van der Waals surface area contributed by atoms with Gasteiger partial charge in [0, 0.05) is 26.7 Å². The molecule has 0 aliphatic heterocycles. The Hall–Kier alpha value is -0.930. The molecular formula is C10H12FO2. The summed E-state index contributed by atoms with van der Waals surface area (Å²) in [6.07, 6.45) is 0. The molecule has 0 aromatic heterocycles. The van der Waals surface area contributed by atoms with Crippen molar-refractivity contribution in [2.45, 2.75) is 5.79 Å². The SMILES string of the molecule is [CH2]C(OC)(OC)c1ccc(F)cc1. The molecule has 0 unspecified atom stereocenters. The van der Waals surface area contributed by atoms with Crippen LogP contribution in [-0.4, -0.2) is 14.2 Å². The van der Waals surface area contributed by atoms with Crippen LogP contribution in [-0.2, 0) is 15.3 Å². The molecule has 0 saturated carbocycles. The van der Waals surface area contributed by atoms with Gasteiger partial charge in [-0.1, -0.05) is 12.1 Å². The van der Waals surface area contributed by atoms with Gasteiger partial charge in [-0.05, 0) is 12.1 Å². The van der Waals surface area contributed by atoms with Crippen LogP contribution in [0.15, 0.2) is 24.3 Å². The Balaban J connectivity index is 2.99. The lowest BCUT2D eigenvalue weighted by Crippen LogP contribution is -2.26. The minimum atomic E-state index is -1.05. The van der Waals surface area contributed by atoms with Crippen molar-refractivity contribution in [2.24, 2.45) is 0 Å². The lowest BCUT2D eigenvalue weighted by molar-refractivity contribution is -0.180. The second kappa shape index (κ2) is 3.85. The van der Waals surface area contributed by atoms with E-state index < -0.39 is 5.79 Å². The average molecular weight is 183 g/mol. The molecule has 0 bridgehead atoms. The molecule has 0 atom stereocenters. The molecule has 0 fully saturated rings. The third-order valence-corrected chi connectivity index (χ3v) is 1.94. The highest BCUT2D eigenvalue weighted by Gasteiger charge is 2.25. The van der Waals surface area contributed by atoms with Crippen LogP contribution in [0.5, 0.6) is 0 Å². The zero-order valence-corrected chi connectivity index (χ0v) is 7.71. The van der Waals surface area contributed by atoms with E-state index in [9.17, 15) is 4.39 Å². The summed E-state index contributed by atoms with van der Waals surface area (Å²) >= 11 is 0. The van der Waals surface area contributed by atoms with E-state index in [2.05, 4.69) is 6.92 Å². The number of hydrogen-bond acceptors (Lipinski definition) is 2. The van der Waals surface area contributed by atoms with Gasteiger partial charge in [-0.25, -0.2) is 4.39 Å². The summed E-state index contributed by atoms with van der Waals surface area (Å²) in [5.41, 5.74) is 0.680. The molecule has 1 aromatic carbocycles. The number of rotatable bonds is 3. The third-order valence-electron chi connectivity index (χ3n) is 1.94. The van der Waals surface area contributed by atoms with Crippen molar-refractivity contribution >= 4 is 0 Å². The number of benzene rings is 1. The fraction of sp³-hybridized carbons (Fsp3) is 0.300. The van der Waals surface area contributed by atoms with E-state index in [4.69, 9.17) is 9.47 Å². The van der Waals surface area contributed by atoms with Crippen LogP contribution < -0.4 is 0 Å². The van der Waals surface area contributed by atoms with E-state index in [0.29, 0.717) is 5.56 Å². The van der Waals surface area contributed by atoms with Gasteiger partial charge in [0.2, 0.25) is 0 Å². The van der Waals surface area contributed by atoms with E-state index >= 15 is 0 Å². The quantitative estimate of drug-likeness (QED) is 0.668. The zero-order chi connectivity index (χ0) is 9.90. The van der Waals surface area contributed by atoms with Crippen LogP contribution in [0.25, 0.3) is 0 Å². The highest BCUT2D eigenvalue weighted by molar-refractivity contribution is 5.22. The molecule has 0 N–H and O–H groups in total. The first-order valence-electron chi connectivity index (χ1n) is 3.84. The molecule has 0 spiro atoms. The van der Waals surface area contributed by atoms with Gasteiger partial charge in [0.05, 0.1) is 0 Å². The lowest BCUT2D eigenvalue weighted by Gasteiger charge is -2.26. The van der Waals surface area contributed by atoms with Crippen molar-refractivity contribution < 1.29 is 13.9 Å². The van der Waals surface area contributed by atoms with Crippen molar-refractivity contribution in [1.29, 1.82) is 0 Å². The highest BCUT2D eigenvalue weighted by atomic mass is 19.1. The Morgan fingerprint density at radius 2 is 1.62 bits per heavy atom. The molecule has 0 aliphatic rings. The predicted octanol–water partition coefficient (Wildman–Crippen LogP) is 2.11. The Labute approximate surface area is 77.3 Å². The minimum absolute atomic E-state index is 0.293. The molecule has 3 heteroatoms. The van der Waals surface area contributed by atoms with Gasteiger partial charge >= 0.3 is 0 Å². The van der Waals surface area contributed by atoms with E-state index in [1.807, 2.05) is 0 Å². The Bertz CT molecular complexity index is 265. The summed E-state index contributed by atoms with van der Waals surface area (Å²) in [7, 11) is 2.97. The van der Waals surface area contributed by atoms with E-state index in [0.717, 1.165) is 0 Å². The van der Waals surface area contributed by atoms with E-state index in [1.165, 1.54) is 26.4 Å². The average Bonchev–Trinajstić information content (AvgIpc) is 2.18. The van der Waals surface area contributed by atoms with E-state index in [1.54, 1.807) is 12.1 Å². The number of hydrogen-bond donors (Lipinski definition) is 0. The van der Waals surface area contributed by atoms with Gasteiger partial charge in [-0.15, -0.1) is 0 Å². The Morgan fingerprint density at radius 3 is 2.00 bits per heavy atom. The normalized spacial score (nSPS) is 11.7. The standard InChI is InChI=1S/C10H12FO2/c1-10(12-2,13-3)8-4-6-9(11)7-5-8/h4-7H,1H2,2-3H3. The molecule has 0 heterocycles. The zero-order valence-electron chi connectivity index (χ0n) is 7.71. The molecule has 1 rings (SSSR count). The van der Waals surface area contributed by atoms with Gasteiger partial charge in [0.1, 0.15) is 5.82 Å². The lowest BCUT2D eigenvalue weighted by atomic mass is 10.1. The van der Waals surface area contributed by atoms with Crippen LogP contribution in [0.4, 0.5) is 4.39 Å². The Morgan fingerprint density at radius 1 is 1.15 bits per heavy atom. The largest absolute Gasteiger partial charge is 0.349 e. The maximum atomic E-state index is 12.6. The van der Waals surface area contributed by atoms with Crippen LogP contribution in [0.1, 0.15) is 5.56 Å². The van der Waals surface area contributed by atoms with Crippen molar-refractivity contribution in [2.75, 3.05) is 14.2 Å². The molecule has 0 saturated heterocycles. The maximum absolute atomic E-state index is 12.6. The summed E-state index contributed by atoms with van der Waals surface area (Å²) in [6, 6.07) is 5.84. The van der Waals surface area contributed by atoms with E-state index in [-0.39, 0.29) is 5.82 Å². The summed E-state index contributed by atoms with van der Waals surface area (Å²) in [6.45, 7) is 3.74. The van der Waals surface area contributed by atoms with Gasteiger partial charge in [0.15, 0.2) is 5.79 Å². The van der Waals surface area contributed by atoms with Crippen LogP contribution in [0.2, 0.25) is 0 Å². The predicted molar refractivity (Wildman–Crippen MR) is 47.5 cm³/mol. The molecular weight excluding hydrogens is 171 g/mol. The second-order valence-electron chi connectivity index (χ2n) is 2.67. The molecule has 13 heavy (non-hydrogen) atoms. The third kappa shape index (κ3) is 2.05.